The first kappa shape index (κ1) is 22.4. The molecule has 3 N–H and O–H groups in total. The van der Waals surface area contributed by atoms with Crippen molar-refractivity contribution in [2.24, 2.45) is 10.2 Å². The fourth-order valence-electron chi connectivity index (χ4n) is 2.38. The zero-order valence-corrected chi connectivity index (χ0v) is 15.9. The third kappa shape index (κ3) is 4.75. The van der Waals surface area contributed by atoms with Crippen molar-refractivity contribution in [3.8, 4) is 0 Å². The van der Waals surface area contributed by atoms with Crippen LogP contribution in [0, 0.1) is 0 Å². The second-order valence-corrected chi connectivity index (χ2v) is 7.89. The molecule has 27 heavy (non-hydrogen) atoms. The van der Waals surface area contributed by atoms with Gasteiger partial charge < -0.3 is 5.73 Å². The third-order valence-electron chi connectivity index (χ3n) is 3.54. The van der Waals surface area contributed by atoms with Gasteiger partial charge in [0.05, 0.1) is 15.7 Å². The molecule has 0 heterocycles. The van der Waals surface area contributed by atoms with E-state index in [1.807, 2.05) is 0 Å². The molecule has 0 spiro atoms. The number of hydrogen-bond acceptors (Lipinski definition) is 5. The van der Waals surface area contributed by atoms with Crippen LogP contribution in [-0.2, 0) is 10.1 Å². The molecule has 0 fully saturated rings. The molecule has 0 aliphatic heterocycles. The molecule has 0 saturated heterocycles. The fourth-order valence-corrected chi connectivity index (χ4v) is 3.99. The number of nitrogens with zero attached hydrogens (tertiary/aromatic N) is 2. The van der Waals surface area contributed by atoms with E-state index in [-0.39, 0.29) is 66.9 Å². The van der Waals surface area contributed by atoms with Gasteiger partial charge in [0.15, 0.2) is 0 Å². The first-order valence-electron chi connectivity index (χ1n) is 7.03. The van der Waals surface area contributed by atoms with E-state index in [1.165, 1.54) is 18.2 Å². The van der Waals surface area contributed by atoms with Crippen molar-refractivity contribution in [1.29, 1.82) is 0 Å². The summed E-state index contributed by atoms with van der Waals surface area (Å²) in [5.74, 6) is 0. The van der Waals surface area contributed by atoms with Gasteiger partial charge in [-0.15, -0.1) is 10.2 Å². The molecular weight excluding hydrogens is 444 g/mol. The van der Waals surface area contributed by atoms with Gasteiger partial charge in [0.1, 0.15) is 16.3 Å². The molecule has 0 bridgehead atoms. The second-order valence-electron chi connectivity index (χ2n) is 5.25. The van der Waals surface area contributed by atoms with E-state index in [9.17, 15) is 13.0 Å². The Balaban J connectivity index is 0.00000261. The minimum absolute atomic E-state index is 0. The van der Waals surface area contributed by atoms with Crippen LogP contribution in [0.5, 0.6) is 0 Å². The average Bonchev–Trinajstić information content (AvgIpc) is 2.54. The minimum atomic E-state index is -4.50. The van der Waals surface area contributed by atoms with Gasteiger partial charge in [0, 0.05) is 15.8 Å². The summed E-state index contributed by atoms with van der Waals surface area (Å²) in [6, 6.07) is 10.5. The number of hydrogen-bond donors (Lipinski definition) is 2. The van der Waals surface area contributed by atoms with E-state index in [0.29, 0.717) is 10.4 Å². The molecule has 0 aromatic heterocycles. The number of benzene rings is 3. The summed E-state index contributed by atoms with van der Waals surface area (Å²) in [5.41, 5.74) is 6.46. The predicted octanol–water partition coefficient (Wildman–Crippen LogP) is 5.40. The van der Waals surface area contributed by atoms with Crippen LogP contribution in [0.25, 0.3) is 10.8 Å². The standard InChI is InChI=1S/C16H10Cl3N3O3S.Na.H/c17-8-5-11(18)16(12(19)6-8)22-21-13-7-14(26(23,24)25)9-3-1-2-4-10(9)15(13)20;;/h1-7H,20H2,(H,23,24,25);;. The Labute approximate surface area is 192 Å². The molecule has 0 amide bonds. The summed E-state index contributed by atoms with van der Waals surface area (Å²) in [4.78, 5) is -0.329. The molecule has 0 saturated carbocycles. The van der Waals surface area contributed by atoms with Crippen molar-refractivity contribution in [2.45, 2.75) is 4.90 Å². The van der Waals surface area contributed by atoms with Crippen LogP contribution in [0.1, 0.15) is 0 Å². The van der Waals surface area contributed by atoms with Gasteiger partial charge in [-0.05, 0) is 18.2 Å². The molecule has 11 heteroatoms. The molecule has 0 aliphatic carbocycles. The van der Waals surface area contributed by atoms with E-state index >= 15 is 0 Å². The number of nitrogen functional groups attached to an aromatic ring is 1. The summed E-state index contributed by atoms with van der Waals surface area (Å²) in [6.07, 6.45) is 0. The van der Waals surface area contributed by atoms with Gasteiger partial charge >= 0.3 is 29.6 Å². The summed E-state index contributed by atoms with van der Waals surface area (Å²) in [6.45, 7) is 0. The Hall–Kier alpha value is -0.900. The third-order valence-corrected chi connectivity index (χ3v) is 5.23. The Morgan fingerprint density at radius 1 is 0.926 bits per heavy atom. The summed E-state index contributed by atoms with van der Waals surface area (Å²) in [5, 5.41) is 9.26. The van der Waals surface area contributed by atoms with Crippen LogP contribution in [0.4, 0.5) is 17.1 Å². The van der Waals surface area contributed by atoms with E-state index in [1.54, 1.807) is 18.2 Å². The Kier molecular flexibility index (Phi) is 7.16. The second kappa shape index (κ2) is 8.63. The molecule has 0 atom stereocenters. The van der Waals surface area contributed by atoms with Crippen LogP contribution in [0.15, 0.2) is 57.6 Å². The van der Waals surface area contributed by atoms with Gasteiger partial charge in [0.25, 0.3) is 10.1 Å². The number of rotatable bonds is 3. The first-order chi connectivity index (χ1) is 12.2. The van der Waals surface area contributed by atoms with Crippen LogP contribution in [-0.4, -0.2) is 42.5 Å². The van der Waals surface area contributed by atoms with Crippen molar-refractivity contribution in [2.75, 3.05) is 5.73 Å². The molecule has 136 valence electrons. The monoisotopic (exact) mass is 453 g/mol. The number of azo groups is 1. The maximum absolute atomic E-state index is 11.7. The van der Waals surface area contributed by atoms with Crippen molar-refractivity contribution in [3.05, 3.63) is 57.5 Å². The van der Waals surface area contributed by atoms with Crippen molar-refractivity contribution < 1.29 is 13.0 Å². The van der Waals surface area contributed by atoms with Crippen molar-refractivity contribution >= 4 is 102 Å². The number of anilines is 1. The van der Waals surface area contributed by atoms with Gasteiger partial charge in [-0.1, -0.05) is 59.1 Å². The predicted molar refractivity (Wildman–Crippen MR) is 111 cm³/mol. The molecule has 0 unspecified atom stereocenters. The SMILES string of the molecule is Nc1c(N=Nc2c(Cl)cc(Cl)cc2Cl)cc(S(=O)(=O)O)c2ccccc12.[NaH]. The van der Waals surface area contributed by atoms with E-state index in [4.69, 9.17) is 40.5 Å². The number of halogens is 3. The Bertz CT molecular complexity index is 1150. The van der Waals surface area contributed by atoms with Gasteiger partial charge in [-0.3, -0.25) is 4.55 Å². The first-order valence-corrected chi connectivity index (χ1v) is 9.61. The maximum atomic E-state index is 11.7. The van der Waals surface area contributed by atoms with Gasteiger partial charge in [-0.25, -0.2) is 0 Å². The van der Waals surface area contributed by atoms with E-state index in [2.05, 4.69) is 10.2 Å². The zero-order chi connectivity index (χ0) is 19.1. The molecule has 0 radical (unpaired) electrons. The van der Waals surface area contributed by atoms with Crippen LogP contribution < -0.4 is 5.73 Å². The van der Waals surface area contributed by atoms with Crippen molar-refractivity contribution in [3.63, 3.8) is 0 Å². The zero-order valence-electron chi connectivity index (χ0n) is 12.8. The average molecular weight is 455 g/mol. The topological polar surface area (TPSA) is 105 Å². The molecular formula is C16H11Cl3N3NaO3S. The Morgan fingerprint density at radius 3 is 2.04 bits per heavy atom. The normalized spacial score (nSPS) is 11.7. The number of nitrogens with two attached hydrogens (primary N) is 1. The van der Waals surface area contributed by atoms with Crippen LogP contribution in [0.3, 0.4) is 0 Å². The van der Waals surface area contributed by atoms with Gasteiger partial charge in [0.2, 0.25) is 0 Å². The fraction of sp³-hybridized carbons (Fsp3) is 0. The molecule has 6 nitrogen and oxygen atoms in total. The summed E-state index contributed by atoms with van der Waals surface area (Å²) >= 11 is 17.9. The summed E-state index contributed by atoms with van der Waals surface area (Å²) in [7, 11) is -4.50. The summed E-state index contributed by atoms with van der Waals surface area (Å²) < 4.78 is 32.9. The van der Waals surface area contributed by atoms with Crippen LogP contribution in [0.2, 0.25) is 15.1 Å². The molecule has 3 rings (SSSR count). The van der Waals surface area contributed by atoms with E-state index < -0.39 is 10.1 Å². The number of fused-ring (bicyclic) bond motifs is 1. The Morgan fingerprint density at radius 2 is 1.48 bits per heavy atom. The van der Waals surface area contributed by atoms with E-state index in [0.717, 1.165) is 6.07 Å². The quantitative estimate of drug-likeness (QED) is 0.239. The van der Waals surface area contributed by atoms with Crippen molar-refractivity contribution in [1.82, 2.24) is 0 Å². The molecule has 0 aliphatic rings. The van der Waals surface area contributed by atoms with Gasteiger partial charge in [-0.2, -0.15) is 8.42 Å². The van der Waals surface area contributed by atoms with Crippen LogP contribution >= 0.6 is 34.8 Å². The molecule has 3 aromatic rings. The molecule has 3 aromatic carbocycles.